The molecule has 1 saturated heterocycles. The van der Waals surface area contributed by atoms with Crippen molar-refractivity contribution in [2.24, 2.45) is 0 Å². The number of likely N-dealkylation sites (tertiary alicyclic amines) is 1. The number of rotatable bonds is 3. The number of hydrogen-bond acceptors (Lipinski definition) is 2. The van der Waals surface area contributed by atoms with Gasteiger partial charge in [0.25, 0.3) is 0 Å². The average molecular weight is 246 g/mol. The van der Waals surface area contributed by atoms with Crippen molar-refractivity contribution in [1.29, 1.82) is 0 Å². The maximum atomic E-state index is 12.3. The molecule has 98 valence electrons. The van der Waals surface area contributed by atoms with Crippen molar-refractivity contribution < 1.29 is 4.79 Å². The number of nitrogens with zero attached hydrogens (tertiary/aromatic N) is 1. The first-order valence-corrected chi connectivity index (χ1v) is 6.70. The maximum absolute atomic E-state index is 12.3. The quantitative estimate of drug-likeness (QED) is 0.889. The summed E-state index contributed by atoms with van der Waals surface area (Å²) in [5.41, 5.74) is 3.21. The van der Waals surface area contributed by atoms with Crippen LogP contribution in [0.25, 0.3) is 0 Å². The summed E-state index contributed by atoms with van der Waals surface area (Å²) in [6.45, 7) is 8.14. The number of carbonyl (C=O) groups is 1. The van der Waals surface area contributed by atoms with Gasteiger partial charge >= 0.3 is 0 Å². The maximum Gasteiger partial charge on any atom is 0.241 e. The molecule has 1 atom stereocenters. The zero-order chi connectivity index (χ0) is 13.1. The molecule has 1 aliphatic rings. The fourth-order valence-corrected chi connectivity index (χ4v) is 2.53. The summed E-state index contributed by atoms with van der Waals surface area (Å²) in [6, 6.07) is 6.04. The van der Waals surface area contributed by atoms with Gasteiger partial charge in [0.15, 0.2) is 0 Å². The van der Waals surface area contributed by atoms with E-state index < -0.39 is 0 Å². The lowest BCUT2D eigenvalue weighted by molar-refractivity contribution is -0.120. The van der Waals surface area contributed by atoms with Gasteiger partial charge in [-0.25, -0.2) is 0 Å². The Morgan fingerprint density at radius 3 is 2.33 bits per heavy atom. The Morgan fingerprint density at radius 1 is 1.22 bits per heavy atom. The molecule has 0 aliphatic carbocycles. The Bertz CT molecular complexity index is 416. The summed E-state index contributed by atoms with van der Waals surface area (Å²) in [4.78, 5) is 14.5. The molecule has 2 rings (SSSR count). The van der Waals surface area contributed by atoms with Gasteiger partial charge < -0.3 is 5.32 Å². The highest BCUT2D eigenvalue weighted by Gasteiger charge is 2.24. The molecular formula is C15H22N2O. The molecular weight excluding hydrogens is 224 g/mol. The minimum absolute atomic E-state index is 0.0356. The number of anilines is 1. The van der Waals surface area contributed by atoms with Crippen LogP contribution in [0.15, 0.2) is 18.2 Å². The first kappa shape index (κ1) is 13.1. The van der Waals surface area contributed by atoms with Gasteiger partial charge in [0.2, 0.25) is 5.91 Å². The SMILES string of the molecule is Cc1cccc(C)c1NC(=O)[C@H](C)N1CCCC1. The van der Waals surface area contributed by atoms with Crippen LogP contribution in [0.3, 0.4) is 0 Å². The Kier molecular flexibility index (Phi) is 4.02. The van der Waals surface area contributed by atoms with E-state index in [9.17, 15) is 4.79 Å². The first-order valence-electron chi connectivity index (χ1n) is 6.70. The normalized spacial score (nSPS) is 17.7. The molecule has 18 heavy (non-hydrogen) atoms. The zero-order valence-corrected chi connectivity index (χ0v) is 11.5. The molecule has 0 radical (unpaired) electrons. The van der Waals surface area contributed by atoms with Crippen molar-refractivity contribution in [3.63, 3.8) is 0 Å². The van der Waals surface area contributed by atoms with E-state index >= 15 is 0 Å². The standard InChI is InChI=1S/C15H22N2O/c1-11-7-6-8-12(2)14(11)16-15(18)13(3)17-9-4-5-10-17/h6-8,13H,4-5,9-10H2,1-3H3,(H,16,18)/t13-/m0/s1. The molecule has 3 nitrogen and oxygen atoms in total. The summed E-state index contributed by atoms with van der Waals surface area (Å²) in [6.07, 6.45) is 2.42. The van der Waals surface area contributed by atoms with Crippen molar-refractivity contribution in [1.82, 2.24) is 4.90 Å². The van der Waals surface area contributed by atoms with Gasteiger partial charge in [-0.05, 0) is 57.8 Å². The minimum Gasteiger partial charge on any atom is -0.324 e. The molecule has 0 spiro atoms. The fraction of sp³-hybridized carbons (Fsp3) is 0.533. The number of nitrogens with one attached hydrogen (secondary N) is 1. The summed E-state index contributed by atoms with van der Waals surface area (Å²) >= 11 is 0. The molecule has 0 aromatic heterocycles. The molecule has 1 amide bonds. The molecule has 1 aromatic carbocycles. The first-order chi connectivity index (χ1) is 8.59. The van der Waals surface area contributed by atoms with Crippen LogP contribution in [0.2, 0.25) is 0 Å². The lowest BCUT2D eigenvalue weighted by Crippen LogP contribution is -2.40. The van der Waals surface area contributed by atoms with E-state index in [0.717, 1.165) is 29.9 Å². The number of para-hydroxylation sites is 1. The monoisotopic (exact) mass is 246 g/mol. The smallest absolute Gasteiger partial charge is 0.241 e. The van der Waals surface area contributed by atoms with Crippen LogP contribution in [0.1, 0.15) is 30.9 Å². The van der Waals surface area contributed by atoms with Crippen LogP contribution in [0, 0.1) is 13.8 Å². The van der Waals surface area contributed by atoms with Gasteiger partial charge in [-0.15, -0.1) is 0 Å². The van der Waals surface area contributed by atoms with Gasteiger partial charge in [0.05, 0.1) is 6.04 Å². The van der Waals surface area contributed by atoms with E-state index in [1.54, 1.807) is 0 Å². The second kappa shape index (κ2) is 5.53. The molecule has 0 unspecified atom stereocenters. The minimum atomic E-state index is -0.0356. The zero-order valence-electron chi connectivity index (χ0n) is 11.5. The van der Waals surface area contributed by atoms with Crippen LogP contribution in [-0.2, 0) is 4.79 Å². The molecule has 1 N–H and O–H groups in total. The summed E-state index contributed by atoms with van der Waals surface area (Å²) < 4.78 is 0. The van der Waals surface area contributed by atoms with Crippen molar-refractivity contribution in [3.8, 4) is 0 Å². The van der Waals surface area contributed by atoms with Gasteiger partial charge in [0, 0.05) is 5.69 Å². The number of benzene rings is 1. The fourth-order valence-electron chi connectivity index (χ4n) is 2.53. The summed E-state index contributed by atoms with van der Waals surface area (Å²) in [5, 5.41) is 3.07. The van der Waals surface area contributed by atoms with Crippen molar-refractivity contribution in [3.05, 3.63) is 29.3 Å². The van der Waals surface area contributed by atoms with Crippen LogP contribution >= 0.6 is 0 Å². The third-order valence-electron chi connectivity index (χ3n) is 3.80. The van der Waals surface area contributed by atoms with E-state index in [1.807, 2.05) is 39.0 Å². The van der Waals surface area contributed by atoms with Crippen LogP contribution in [0.5, 0.6) is 0 Å². The summed E-state index contributed by atoms with van der Waals surface area (Å²) in [5.74, 6) is 0.106. The van der Waals surface area contributed by atoms with Gasteiger partial charge in [-0.2, -0.15) is 0 Å². The van der Waals surface area contributed by atoms with E-state index in [-0.39, 0.29) is 11.9 Å². The lowest BCUT2D eigenvalue weighted by atomic mass is 10.1. The van der Waals surface area contributed by atoms with Crippen LogP contribution in [-0.4, -0.2) is 29.9 Å². The lowest BCUT2D eigenvalue weighted by Gasteiger charge is -2.23. The van der Waals surface area contributed by atoms with E-state index in [2.05, 4.69) is 10.2 Å². The molecule has 1 heterocycles. The third-order valence-corrected chi connectivity index (χ3v) is 3.80. The molecule has 1 aliphatic heterocycles. The van der Waals surface area contributed by atoms with Crippen LogP contribution in [0.4, 0.5) is 5.69 Å². The Hall–Kier alpha value is -1.35. The van der Waals surface area contributed by atoms with Crippen LogP contribution < -0.4 is 5.32 Å². The number of carbonyl (C=O) groups excluding carboxylic acids is 1. The number of aryl methyl sites for hydroxylation is 2. The van der Waals surface area contributed by atoms with Gasteiger partial charge in [0.1, 0.15) is 0 Å². The second-order valence-corrected chi connectivity index (χ2v) is 5.18. The number of hydrogen-bond donors (Lipinski definition) is 1. The van der Waals surface area contributed by atoms with Crippen molar-refractivity contribution in [2.45, 2.75) is 39.7 Å². The molecule has 1 fully saturated rings. The molecule has 0 bridgehead atoms. The molecule has 0 saturated carbocycles. The van der Waals surface area contributed by atoms with Gasteiger partial charge in [-0.1, -0.05) is 18.2 Å². The number of amides is 1. The topological polar surface area (TPSA) is 32.3 Å². The van der Waals surface area contributed by atoms with E-state index in [1.165, 1.54) is 12.8 Å². The summed E-state index contributed by atoms with van der Waals surface area (Å²) in [7, 11) is 0. The Morgan fingerprint density at radius 2 is 1.78 bits per heavy atom. The average Bonchev–Trinajstić information content (AvgIpc) is 2.86. The third kappa shape index (κ3) is 2.72. The highest BCUT2D eigenvalue weighted by atomic mass is 16.2. The predicted octanol–water partition coefficient (Wildman–Crippen LogP) is 2.73. The highest BCUT2D eigenvalue weighted by molar-refractivity contribution is 5.95. The molecule has 1 aromatic rings. The van der Waals surface area contributed by atoms with E-state index in [4.69, 9.17) is 0 Å². The van der Waals surface area contributed by atoms with E-state index in [0.29, 0.717) is 0 Å². The van der Waals surface area contributed by atoms with Crippen molar-refractivity contribution in [2.75, 3.05) is 18.4 Å². The Labute approximate surface area is 109 Å². The predicted molar refractivity (Wildman–Crippen MR) is 74.8 cm³/mol. The Balaban J connectivity index is 2.06. The molecule has 3 heteroatoms. The van der Waals surface area contributed by atoms with Crippen molar-refractivity contribution >= 4 is 11.6 Å². The second-order valence-electron chi connectivity index (χ2n) is 5.18. The highest BCUT2D eigenvalue weighted by Crippen LogP contribution is 2.20. The van der Waals surface area contributed by atoms with Gasteiger partial charge in [-0.3, -0.25) is 9.69 Å². The largest absolute Gasteiger partial charge is 0.324 e.